The van der Waals surface area contributed by atoms with Gasteiger partial charge in [-0.05, 0) is 57.4 Å². The number of carbonyl (C=O) groups excluding carboxylic acids is 4. The Morgan fingerprint density at radius 3 is 2.17 bits per heavy atom. The molecule has 0 fully saturated rings. The lowest BCUT2D eigenvalue weighted by atomic mass is 10.1. The molecule has 0 unspecified atom stereocenters. The van der Waals surface area contributed by atoms with Gasteiger partial charge in [0.05, 0.1) is 18.6 Å². The second-order valence-corrected chi connectivity index (χ2v) is 9.30. The number of thioether (sulfide) groups is 1. The molecule has 186 valence electrons. The van der Waals surface area contributed by atoms with Crippen LogP contribution in [0.15, 0.2) is 48.5 Å². The molecule has 2 aromatic rings. The fourth-order valence-electron chi connectivity index (χ4n) is 2.96. The fourth-order valence-corrected chi connectivity index (χ4v) is 3.33. The maximum atomic E-state index is 12.8. The van der Waals surface area contributed by atoms with Gasteiger partial charge in [0.25, 0.3) is 11.8 Å². The number of amides is 2. The van der Waals surface area contributed by atoms with E-state index in [1.165, 1.54) is 23.9 Å². The Balaban J connectivity index is 2.10. The van der Waals surface area contributed by atoms with E-state index in [1.807, 2.05) is 0 Å². The van der Waals surface area contributed by atoms with Crippen LogP contribution in [-0.2, 0) is 19.1 Å². The third-order valence-corrected chi connectivity index (χ3v) is 5.22. The molecule has 0 bridgehead atoms. The van der Waals surface area contributed by atoms with E-state index in [-0.39, 0.29) is 11.5 Å². The van der Waals surface area contributed by atoms with Gasteiger partial charge in [0, 0.05) is 22.4 Å². The Morgan fingerprint density at radius 2 is 1.60 bits per heavy atom. The molecule has 0 radical (unpaired) electrons. The Bertz CT molecular complexity index is 1110. The summed E-state index contributed by atoms with van der Waals surface area (Å²) in [6.45, 7) is 5.08. The lowest BCUT2D eigenvalue weighted by molar-refractivity contribution is -0.158. The van der Waals surface area contributed by atoms with Gasteiger partial charge < -0.3 is 20.1 Å². The Hall–Kier alpha value is -3.66. The van der Waals surface area contributed by atoms with Gasteiger partial charge in [-0.25, -0.2) is 4.79 Å². The van der Waals surface area contributed by atoms with E-state index in [2.05, 4.69) is 10.6 Å². The number of ether oxygens (including phenoxy) is 2. The molecule has 1 atom stereocenters. The number of esters is 2. The Labute approximate surface area is 208 Å². The molecule has 0 saturated carbocycles. The van der Waals surface area contributed by atoms with E-state index in [9.17, 15) is 19.2 Å². The van der Waals surface area contributed by atoms with Gasteiger partial charge in [-0.3, -0.25) is 19.8 Å². The topological polar surface area (TPSA) is 135 Å². The molecule has 10 heteroatoms. The van der Waals surface area contributed by atoms with E-state index >= 15 is 0 Å². The van der Waals surface area contributed by atoms with Crippen molar-refractivity contribution in [3.63, 3.8) is 0 Å². The lowest BCUT2D eigenvalue weighted by Crippen LogP contribution is -2.43. The molecule has 2 aromatic carbocycles. The van der Waals surface area contributed by atoms with Crippen LogP contribution in [-0.4, -0.2) is 53.8 Å². The highest BCUT2D eigenvalue weighted by Gasteiger charge is 2.28. The van der Waals surface area contributed by atoms with Crippen molar-refractivity contribution < 1.29 is 28.7 Å². The van der Waals surface area contributed by atoms with Crippen molar-refractivity contribution in [2.45, 2.75) is 38.8 Å². The zero-order chi connectivity index (χ0) is 26.2. The molecule has 0 heterocycles. The number of anilines is 1. The zero-order valence-electron chi connectivity index (χ0n) is 20.3. The molecular formula is C25H29N3O6S. The number of methoxy groups -OCH3 is 1. The summed E-state index contributed by atoms with van der Waals surface area (Å²) in [5.41, 5.74) is 0.889. The van der Waals surface area contributed by atoms with Crippen molar-refractivity contribution in [1.82, 2.24) is 5.32 Å². The standard InChI is InChI=1S/C25H29N3O6S/c1-25(2,3)34-20(29)14-19(24(32)33-4)28-23(31)17-7-6-8-18(13-17)27-22(30)16-11-9-15(10-12-16)21(26)35-5/h6-13,19,26H,14H2,1-5H3,(H,27,30)(H,28,31)/t19-/m0/s1. The summed E-state index contributed by atoms with van der Waals surface area (Å²) >= 11 is 1.30. The summed E-state index contributed by atoms with van der Waals surface area (Å²) in [4.78, 5) is 49.6. The first kappa shape index (κ1) is 27.6. The van der Waals surface area contributed by atoms with Crippen molar-refractivity contribution in [2.75, 3.05) is 18.7 Å². The average molecular weight is 500 g/mol. The van der Waals surface area contributed by atoms with E-state index in [0.29, 0.717) is 21.9 Å². The second kappa shape index (κ2) is 12.2. The molecule has 2 rings (SSSR count). The van der Waals surface area contributed by atoms with Gasteiger partial charge >= 0.3 is 11.9 Å². The third kappa shape index (κ3) is 8.56. The van der Waals surface area contributed by atoms with Crippen LogP contribution in [0, 0.1) is 5.41 Å². The predicted molar refractivity (Wildman–Crippen MR) is 135 cm³/mol. The molecule has 3 N–H and O–H groups in total. The predicted octanol–water partition coefficient (Wildman–Crippen LogP) is 3.63. The van der Waals surface area contributed by atoms with Crippen LogP contribution in [0.5, 0.6) is 0 Å². The van der Waals surface area contributed by atoms with Crippen LogP contribution in [0.4, 0.5) is 5.69 Å². The second-order valence-electron chi connectivity index (χ2n) is 8.49. The van der Waals surface area contributed by atoms with Gasteiger partial charge in [0.15, 0.2) is 0 Å². The van der Waals surface area contributed by atoms with Crippen LogP contribution >= 0.6 is 11.8 Å². The number of nitrogens with one attached hydrogen (secondary N) is 3. The van der Waals surface area contributed by atoms with Crippen molar-refractivity contribution in [3.8, 4) is 0 Å². The number of hydrogen-bond acceptors (Lipinski definition) is 8. The Morgan fingerprint density at radius 1 is 0.971 bits per heavy atom. The molecule has 2 amide bonds. The molecule has 0 aliphatic heterocycles. The quantitative estimate of drug-likeness (QED) is 0.287. The summed E-state index contributed by atoms with van der Waals surface area (Å²) in [5, 5.41) is 13.4. The molecule has 0 aliphatic carbocycles. The number of carbonyl (C=O) groups is 4. The normalized spacial score (nSPS) is 11.7. The Kier molecular flexibility index (Phi) is 9.59. The highest BCUT2D eigenvalue weighted by molar-refractivity contribution is 8.13. The first-order chi connectivity index (χ1) is 16.4. The van der Waals surface area contributed by atoms with E-state index in [1.54, 1.807) is 63.4 Å². The third-order valence-electron chi connectivity index (χ3n) is 4.58. The van der Waals surface area contributed by atoms with Gasteiger partial charge in [0.1, 0.15) is 11.6 Å². The first-order valence-corrected chi connectivity index (χ1v) is 11.9. The van der Waals surface area contributed by atoms with Crippen molar-refractivity contribution >= 4 is 46.2 Å². The fraction of sp³-hybridized carbons (Fsp3) is 0.320. The molecule has 0 spiro atoms. The number of benzene rings is 2. The molecule has 0 aliphatic rings. The summed E-state index contributed by atoms with van der Waals surface area (Å²) in [5.74, 6) is -2.46. The van der Waals surface area contributed by atoms with Gasteiger partial charge in [-0.15, -0.1) is 11.8 Å². The lowest BCUT2D eigenvalue weighted by Gasteiger charge is -2.22. The number of hydrogen-bond donors (Lipinski definition) is 3. The van der Waals surface area contributed by atoms with E-state index < -0.39 is 35.9 Å². The minimum atomic E-state index is -1.24. The first-order valence-electron chi connectivity index (χ1n) is 10.7. The molecule has 9 nitrogen and oxygen atoms in total. The SMILES string of the molecule is COC(=O)[C@H](CC(=O)OC(C)(C)C)NC(=O)c1cccc(NC(=O)c2ccc(C(=N)SC)cc2)c1. The van der Waals surface area contributed by atoms with Gasteiger partial charge in [-0.2, -0.15) is 0 Å². The van der Waals surface area contributed by atoms with Crippen LogP contribution in [0.25, 0.3) is 0 Å². The molecule has 0 aromatic heterocycles. The van der Waals surface area contributed by atoms with Crippen LogP contribution in [0.3, 0.4) is 0 Å². The van der Waals surface area contributed by atoms with Crippen LogP contribution < -0.4 is 10.6 Å². The molecule has 35 heavy (non-hydrogen) atoms. The minimum Gasteiger partial charge on any atom is -0.467 e. The van der Waals surface area contributed by atoms with Gasteiger partial charge in [0.2, 0.25) is 0 Å². The molecule has 0 saturated heterocycles. The van der Waals surface area contributed by atoms with Crippen LogP contribution in [0.1, 0.15) is 53.5 Å². The maximum absolute atomic E-state index is 12.8. The summed E-state index contributed by atoms with van der Waals surface area (Å²) < 4.78 is 9.93. The van der Waals surface area contributed by atoms with E-state index in [4.69, 9.17) is 14.9 Å². The monoisotopic (exact) mass is 499 g/mol. The van der Waals surface area contributed by atoms with Crippen molar-refractivity contribution in [3.05, 3.63) is 65.2 Å². The largest absolute Gasteiger partial charge is 0.467 e. The van der Waals surface area contributed by atoms with Crippen molar-refractivity contribution in [1.29, 1.82) is 5.41 Å². The minimum absolute atomic E-state index is 0.171. The maximum Gasteiger partial charge on any atom is 0.328 e. The average Bonchev–Trinajstić information content (AvgIpc) is 2.81. The highest BCUT2D eigenvalue weighted by atomic mass is 32.2. The smallest absolute Gasteiger partial charge is 0.328 e. The van der Waals surface area contributed by atoms with Crippen molar-refractivity contribution in [2.24, 2.45) is 0 Å². The number of rotatable bonds is 8. The summed E-state index contributed by atoms with van der Waals surface area (Å²) in [6, 6.07) is 11.5. The summed E-state index contributed by atoms with van der Waals surface area (Å²) in [6.07, 6.45) is 1.41. The zero-order valence-corrected chi connectivity index (χ0v) is 21.1. The molecular weight excluding hydrogens is 470 g/mol. The van der Waals surface area contributed by atoms with Gasteiger partial charge in [-0.1, -0.05) is 18.2 Å². The van der Waals surface area contributed by atoms with Crippen LogP contribution in [0.2, 0.25) is 0 Å². The summed E-state index contributed by atoms with van der Waals surface area (Å²) in [7, 11) is 1.16. The highest BCUT2D eigenvalue weighted by Crippen LogP contribution is 2.16. The van der Waals surface area contributed by atoms with E-state index in [0.717, 1.165) is 7.11 Å².